The minimum absolute atomic E-state index is 0.0949. The van der Waals surface area contributed by atoms with Crippen molar-refractivity contribution in [2.75, 3.05) is 0 Å². The Kier molecular flexibility index (Phi) is 4.65. The maximum absolute atomic E-state index is 12.6. The van der Waals surface area contributed by atoms with E-state index in [9.17, 15) is 23.3 Å². The number of nitro groups is 1. The summed E-state index contributed by atoms with van der Waals surface area (Å²) in [5, 5.41) is 14.0. The Labute approximate surface area is 166 Å². The van der Waals surface area contributed by atoms with E-state index in [4.69, 9.17) is 8.92 Å². The lowest BCUT2D eigenvalue weighted by Crippen LogP contribution is -2.56. The lowest BCUT2D eigenvalue weighted by Gasteiger charge is -2.41. The molecule has 152 valence electrons. The van der Waals surface area contributed by atoms with Crippen molar-refractivity contribution in [3.63, 3.8) is 0 Å². The first-order valence-corrected chi connectivity index (χ1v) is 10.5. The SMILES string of the molecule is O=C1NC2(CCCCC2)Oc2cc(OS(=O)(=O)c3ccccc3[N+](=O)[O-])ccc21. The summed E-state index contributed by atoms with van der Waals surface area (Å²) in [5.74, 6) is -0.158. The Hall–Kier alpha value is -3.14. The smallest absolute Gasteiger partial charge is 0.346 e. The zero-order valence-electron chi connectivity index (χ0n) is 15.3. The standard InChI is InChI=1S/C19H18N2O7S/c22-18-14-9-8-13(12-16(14)27-19(20-18)10-4-1-5-11-19)28-29(25,26)17-7-3-2-6-15(17)21(23)24/h2-3,6-9,12H,1,4-5,10-11H2,(H,20,22). The van der Waals surface area contributed by atoms with Crippen LogP contribution < -0.4 is 14.2 Å². The molecule has 0 bridgehead atoms. The largest absolute Gasteiger partial charge is 0.467 e. The first kappa shape index (κ1) is 19.2. The third-order valence-electron chi connectivity index (χ3n) is 5.04. The van der Waals surface area contributed by atoms with Gasteiger partial charge in [0.1, 0.15) is 11.5 Å². The van der Waals surface area contributed by atoms with Crippen molar-refractivity contribution in [1.82, 2.24) is 5.32 Å². The monoisotopic (exact) mass is 418 g/mol. The van der Waals surface area contributed by atoms with Crippen molar-refractivity contribution < 1.29 is 27.1 Å². The van der Waals surface area contributed by atoms with Crippen molar-refractivity contribution >= 4 is 21.7 Å². The molecule has 0 radical (unpaired) electrons. The summed E-state index contributed by atoms with van der Waals surface area (Å²) in [6.45, 7) is 0. The lowest BCUT2D eigenvalue weighted by atomic mass is 9.90. The van der Waals surface area contributed by atoms with E-state index < -0.39 is 31.3 Å². The van der Waals surface area contributed by atoms with Gasteiger partial charge in [-0.1, -0.05) is 18.6 Å². The fourth-order valence-corrected chi connectivity index (χ4v) is 4.77. The van der Waals surface area contributed by atoms with Crippen LogP contribution in [0.5, 0.6) is 11.5 Å². The number of para-hydroxylation sites is 1. The summed E-state index contributed by atoms with van der Waals surface area (Å²) in [7, 11) is -4.46. The van der Waals surface area contributed by atoms with E-state index in [0.717, 1.165) is 31.4 Å². The molecular weight excluding hydrogens is 400 g/mol. The molecule has 9 nitrogen and oxygen atoms in total. The third-order valence-corrected chi connectivity index (χ3v) is 6.34. The molecule has 4 rings (SSSR count). The van der Waals surface area contributed by atoms with Crippen LogP contribution in [0.25, 0.3) is 0 Å². The zero-order valence-corrected chi connectivity index (χ0v) is 16.1. The molecule has 1 fully saturated rings. The van der Waals surface area contributed by atoms with Crippen LogP contribution in [-0.4, -0.2) is 25.0 Å². The van der Waals surface area contributed by atoms with Crippen LogP contribution in [0.1, 0.15) is 42.5 Å². The molecule has 0 unspecified atom stereocenters. The molecule has 1 saturated carbocycles. The van der Waals surface area contributed by atoms with E-state index in [2.05, 4.69) is 5.32 Å². The summed E-state index contributed by atoms with van der Waals surface area (Å²) in [6, 6.07) is 8.98. The summed E-state index contributed by atoms with van der Waals surface area (Å²) in [4.78, 5) is 22.3. The topological polar surface area (TPSA) is 125 Å². The lowest BCUT2D eigenvalue weighted by molar-refractivity contribution is -0.387. The first-order valence-electron chi connectivity index (χ1n) is 9.13. The Morgan fingerprint density at radius 1 is 1.10 bits per heavy atom. The number of carbonyl (C=O) groups excluding carboxylic acids is 1. The molecule has 1 aliphatic carbocycles. The van der Waals surface area contributed by atoms with Crippen LogP contribution in [0.15, 0.2) is 47.4 Å². The van der Waals surface area contributed by atoms with Crippen molar-refractivity contribution in [2.24, 2.45) is 0 Å². The average molecular weight is 418 g/mol. The maximum atomic E-state index is 12.6. The third kappa shape index (κ3) is 3.63. The van der Waals surface area contributed by atoms with Crippen molar-refractivity contribution in [1.29, 1.82) is 0 Å². The van der Waals surface area contributed by atoms with Crippen LogP contribution in [0.4, 0.5) is 5.69 Å². The number of hydrogen-bond donors (Lipinski definition) is 1. The number of amides is 1. The van der Waals surface area contributed by atoms with E-state index in [1.165, 1.54) is 30.3 Å². The molecule has 1 amide bonds. The van der Waals surface area contributed by atoms with Gasteiger partial charge in [0.2, 0.25) is 0 Å². The molecular formula is C19H18N2O7S. The highest BCUT2D eigenvalue weighted by Gasteiger charge is 2.41. The molecule has 2 aliphatic rings. The van der Waals surface area contributed by atoms with E-state index >= 15 is 0 Å². The minimum Gasteiger partial charge on any atom is -0.467 e. The molecule has 0 saturated heterocycles. The van der Waals surface area contributed by atoms with E-state index in [0.29, 0.717) is 12.8 Å². The molecule has 29 heavy (non-hydrogen) atoms. The van der Waals surface area contributed by atoms with Crippen LogP contribution >= 0.6 is 0 Å². The maximum Gasteiger partial charge on any atom is 0.346 e. The number of ether oxygens (including phenoxy) is 1. The summed E-state index contributed by atoms with van der Waals surface area (Å²) >= 11 is 0. The Morgan fingerprint density at radius 2 is 1.83 bits per heavy atom. The first-order chi connectivity index (χ1) is 13.8. The van der Waals surface area contributed by atoms with Gasteiger partial charge in [-0.2, -0.15) is 8.42 Å². The highest BCUT2D eigenvalue weighted by molar-refractivity contribution is 7.87. The Balaban J connectivity index is 1.66. The van der Waals surface area contributed by atoms with Gasteiger partial charge in [0.25, 0.3) is 11.6 Å². The molecule has 1 heterocycles. The molecule has 2 aromatic carbocycles. The number of hydrogen-bond acceptors (Lipinski definition) is 7. The van der Waals surface area contributed by atoms with Crippen LogP contribution in [0.2, 0.25) is 0 Å². The van der Waals surface area contributed by atoms with Gasteiger partial charge in [0, 0.05) is 25.0 Å². The zero-order chi connectivity index (χ0) is 20.6. The van der Waals surface area contributed by atoms with Gasteiger partial charge < -0.3 is 14.2 Å². The molecule has 0 aromatic heterocycles. The van der Waals surface area contributed by atoms with Gasteiger partial charge in [-0.3, -0.25) is 14.9 Å². The normalized spacial score (nSPS) is 17.7. The number of fused-ring (bicyclic) bond motifs is 1. The summed E-state index contributed by atoms with van der Waals surface area (Å²) in [6.07, 6.45) is 4.22. The molecule has 2 aromatic rings. The highest BCUT2D eigenvalue weighted by Crippen LogP contribution is 2.38. The Morgan fingerprint density at radius 3 is 2.55 bits per heavy atom. The number of carbonyl (C=O) groups is 1. The van der Waals surface area contributed by atoms with Crippen molar-refractivity contribution in [3.8, 4) is 11.5 Å². The van der Waals surface area contributed by atoms with Gasteiger partial charge in [-0.15, -0.1) is 0 Å². The Bertz CT molecular complexity index is 1090. The quantitative estimate of drug-likeness (QED) is 0.459. The summed E-state index contributed by atoms with van der Waals surface area (Å²) in [5.41, 5.74) is -1.10. The predicted octanol–water partition coefficient (Wildman–Crippen LogP) is 3.15. The number of nitrogens with one attached hydrogen (secondary N) is 1. The van der Waals surface area contributed by atoms with Gasteiger partial charge in [0.05, 0.1) is 10.5 Å². The van der Waals surface area contributed by atoms with Crippen molar-refractivity contribution in [3.05, 3.63) is 58.1 Å². The fourth-order valence-electron chi connectivity index (χ4n) is 3.68. The molecule has 10 heteroatoms. The molecule has 1 aliphatic heterocycles. The van der Waals surface area contributed by atoms with Gasteiger partial charge in [0.15, 0.2) is 10.6 Å². The van der Waals surface area contributed by atoms with Crippen molar-refractivity contribution in [2.45, 2.75) is 42.7 Å². The van der Waals surface area contributed by atoms with E-state index in [-0.39, 0.29) is 23.0 Å². The molecule has 1 N–H and O–H groups in total. The number of nitrogens with zero attached hydrogens (tertiary/aromatic N) is 1. The second-order valence-corrected chi connectivity index (χ2v) is 8.55. The highest BCUT2D eigenvalue weighted by atomic mass is 32.2. The number of benzene rings is 2. The second kappa shape index (κ2) is 7.03. The second-order valence-electron chi connectivity index (χ2n) is 7.03. The number of rotatable bonds is 4. The average Bonchev–Trinajstić information content (AvgIpc) is 2.68. The molecule has 0 atom stereocenters. The van der Waals surface area contributed by atoms with Crippen LogP contribution in [0.3, 0.4) is 0 Å². The van der Waals surface area contributed by atoms with Gasteiger partial charge >= 0.3 is 10.1 Å². The summed E-state index contributed by atoms with van der Waals surface area (Å²) < 4.78 is 36.4. The molecule has 1 spiro atoms. The van der Waals surface area contributed by atoms with Gasteiger partial charge in [-0.05, 0) is 31.0 Å². The van der Waals surface area contributed by atoms with E-state index in [1.807, 2.05) is 0 Å². The fraction of sp³-hybridized carbons (Fsp3) is 0.316. The van der Waals surface area contributed by atoms with E-state index in [1.54, 1.807) is 0 Å². The minimum atomic E-state index is -4.46. The predicted molar refractivity (Wildman–Crippen MR) is 101 cm³/mol. The van der Waals surface area contributed by atoms with Gasteiger partial charge in [-0.25, -0.2) is 0 Å². The van der Waals surface area contributed by atoms with Crippen LogP contribution in [-0.2, 0) is 10.1 Å². The van der Waals surface area contributed by atoms with Crippen LogP contribution in [0, 0.1) is 10.1 Å². The number of nitro benzene ring substituents is 1.